The van der Waals surface area contributed by atoms with Crippen LogP contribution in [0.3, 0.4) is 0 Å². The van der Waals surface area contributed by atoms with Gasteiger partial charge in [-0.15, -0.1) is 11.8 Å². The molecule has 0 heterocycles. The van der Waals surface area contributed by atoms with E-state index in [1.807, 2.05) is 18.2 Å². The molecule has 0 amide bonds. The van der Waals surface area contributed by atoms with Crippen molar-refractivity contribution in [3.8, 4) is 16.9 Å². The Bertz CT molecular complexity index is 827. The van der Waals surface area contributed by atoms with E-state index in [4.69, 9.17) is 4.74 Å². The molecule has 0 fully saturated rings. The zero-order valence-electron chi connectivity index (χ0n) is 13.8. The minimum Gasteiger partial charge on any atom is -0.496 e. The van der Waals surface area contributed by atoms with E-state index >= 15 is 0 Å². The molecule has 0 spiro atoms. The van der Waals surface area contributed by atoms with Crippen molar-refractivity contribution in [1.29, 1.82) is 0 Å². The topological polar surface area (TPSA) is 9.23 Å². The Morgan fingerprint density at radius 2 is 1.67 bits per heavy atom. The molecule has 0 saturated heterocycles. The summed E-state index contributed by atoms with van der Waals surface area (Å²) in [5, 5.41) is 0. The molecule has 1 nitrogen and oxygen atoms in total. The molecule has 0 radical (unpaired) electrons. The maximum absolute atomic E-state index is 13.1. The largest absolute Gasteiger partial charge is 0.496 e. The number of benzene rings is 3. The minimum absolute atomic E-state index is 0.206. The van der Waals surface area contributed by atoms with Crippen LogP contribution in [0.15, 0.2) is 71.6 Å². The summed E-state index contributed by atoms with van der Waals surface area (Å²) < 4.78 is 18.6. The van der Waals surface area contributed by atoms with Crippen molar-refractivity contribution in [3.05, 3.63) is 83.7 Å². The number of rotatable bonds is 5. The van der Waals surface area contributed by atoms with Gasteiger partial charge >= 0.3 is 0 Å². The van der Waals surface area contributed by atoms with E-state index in [-0.39, 0.29) is 5.82 Å². The molecule has 24 heavy (non-hydrogen) atoms. The fourth-order valence-corrected chi connectivity index (χ4v) is 3.18. The fourth-order valence-electron chi connectivity index (χ4n) is 2.72. The second-order valence-corrected chi connectivity index (χ2v) is 6.45. The number of hydrogen-bond acceptors (Lipinski definition) is 2. The molecule has 0 aliphatic heterocycles. The smallest absolute Gasteiger partial charge is 0.126 e. The minimum atomic E-state index is -0.206. The highest BCUT2D eigenvalue weighted by Gasteiger charge is 2.08. The summed E-state index contributed by atoms with van der Waals surface area (Å²) in [5.41, 5.74) is 4.48. The van der Waals surface area contributed by atoms with Crippen molar-refractivity contribution in [2.24, 2.45) is 0 Å². The van der Waals surface area contributed by atoms with Crippen molar-refractivity contribution in [1.82, 2.24) is 0 Å². The van der Waals surface area contributed by atoms with E-state index in [1.54, 1.807) is 18.9 Å². The second-order valence-electron chi connectivity index (χ2n) is 5.57. The maximum Gasteiger partial charge on any atom is 0.126 e. The van der Waals surface area contributed by atoms with Crippen LogP contribution >= 0.6 is 11.8 Å². The molecule has 0 aliphatic carbocycles. The summed E-state index contributed by atoms with van der Waals surface area (Å²) in [7, 11) is 1.69. The first-order chi connectivity index (χ1) is 11.7. The van der Waals surface area contributed by atoms with E-state index in [1.165, 1.54) is 22.6 Å². The van der Waals surface area contributed by atoms with E-state index in [9.17, 15) is 4.39 Å². The lowest BCUT2D eigenvalue weighted by molar-refractivity contribution is 0.416. The van der Waals surface area contributed by atoms with Gasteiger partial charge in [0.25, 0.3) is 0 Å². The maximum atomic E-state index is 13.1. The fraction of sp³-hybridized carbons (Fsp3) is 0.143. The van der Waals surface area contributed by atoms with Crippen molar-refractivity contribution < 1.29 is 9.13 Å². The lowest BCUT2D eigenvalue weighted by atomic mass is 9.98. The van der Waals surface area contributed by atoms with Gasteiger partial charge in [0.1, 0.15) is 11.6 Å². The van der Waals surface area contributed by atoms with Gasteiger partial charge in [-0.3, -0.25) is 0 Å². The summed E-state index contributed by atoms with van der Waals surface area (Å²) in [6.45, 7) is 0. The predicted octanol–water partition coefficient (Wildman–Crippen LogP) is 5.81. The Kier molecular flexibility index (Phi) is 5.21. The molecule has 122 valence electrons. The number of halogens is 1. The van der Waals surface area contributed by atoms with Crippen LogP contribution in [-0.4, -0.2) is 13.4 Å². The van der Waals surface area contributed by atoms with Crippen LogP contribution in [0.4, 0.5) is 4.39 Å². The molecular formula is C21H19FOS. The van der Waals surface area contributed by atoms with E-state index in [0.29, 0.717) is 0 Å². The Morgan fingerprint density at radius 1 is 0.917 bits per heavy atom. The van der Waals surface area contributed by atoms with Crippen LogP contribution in [0.2, 0.25) is 0 Å². The van der Waals surface area contributed by atoms with Gasteiger partial charge in [-0.25, -0.2) is 4.39 Å². The predicted molar refractivity (Wildman–Crippen MR) is 99.4 cm³/mol. The highest BCUT2D eigenvalue weighted by atomic mass is 32.2. The van der Waals surface area contributed by atoms with E-state index in [2.05, 4.69) is 42.7 Å². The van der Waals surface area contributed by atoms with Crippen LogP contribution in [0, 0.1) is 5.82 Å². The zero-order chi connectivity index (χ0) is 16.9. The molecule has 3 aromatic carbocycles. The van der Waals surface area contributed by atoms with Gasteiger partial charge in [0.15, 0.2) is 0 Å². The molecule has 0 atom stereocenters. The zero-order valence-corrected chi connectivity index (χ0v) is 14.6. The first kappa shape index (κ1) is 16.6. The van der Waals surface area contributed by atoms with Crippen LogP contribution in [0.1, 0.15) is 11.1 Å². The number of hydrogen-bond donors (Lipinski definition) is 0. The monoisotopic (exact) mass is 338 g/mol. The molecule has 0 unspecified atom stereocenters. The molecule has 0 saturated carbocycles. The van der Waals surface area contributed by atoms with Gasteiger partial charge in [-0.1, -0.05) is 30.3 Å². The normalized spacial score (nSPS) is 10.6. The third kappa shape index (κ3) is 3.80. The molecular weight excluding hydrogens is 319 g/mol. The van der Waals surface area contributed by atoms with Crippen molar-refractivity contribution in [2.45, 2.75) is 11.3 Å². The molecule has 0 N–H and O–H groups in total. The summed E-state index contributed by atoms with van der Waals surface area (Å²) in [6, 6.07) is 21.3. The Hall–Kier alpha value is -2.26. The van der Waals surface area contributed by atoms with Gasteiger partial charge in [-0.2, -0.15) is 0 Å². The molecule has 3 heteroatoms. The van der Waals surface area contributed by atoms with Crippen LogP contribution in [0.5, 0.6) is 5.75 Å². The first-order valence-corrected chi connectivity index (χ1v) is 8.98. The van der Waals surface area contributed by atoms with Crippen molar-refractivity contribution in [2.75, 3.05) is 13.4 Å². The third-order valence-corrected chi connectivity index (χ3v) is 4.69. The van der Waals surface area contributed by atoms with Gasteiger partial charge < -0.3 is 4.74 Å². The Morgan fingerprint density at radius 3 is 2.38 bits per heavy atom. The quantitative estimate of drug-likeness (QED) is 0.543. The number of methoxy groups -OCH3 is 1. The Labute approximate surface area is 146 Å². The van der Waals surface area contributed by atoms with Gasteiger partial charge in [0, 0.05) is 10.5 Å². The summed E-state index contributed by atoms with van der Waals surface area (Å²) in [6.07, 6.45) is 2.83. The third-order valence-electron chi connectivity index (χ3n) is 3.97. The molecule has 0 bridgehead atoms. The average Bonchev–Trinajstić information content (AvgIpc) is 2.63. The molecule has 3 rings (SSSR count). The van der Waals surface area contributed by atoms with Crippen molar-refractivity contribution >= 4 is 11.8 Å². The SMILES string of the molecule is COc1ccc(Cc2ccc(F)cc2)cc1-c1cccc(SC)c1. The second kappa shape index (κ2) is 7.54. The lowest BCUT2D eigenvalue weighted by Crippen LogP contribution is -1.93. The Balaban J connectivity index is 1.97. The highest BCUT2D eigenvalue weighted by molar-refractivity contribution is 7.98. The van der Waals surface area contributed by atoms with Gasteiger partial charge in [-0.05, 0) is 65.8 Å². The summed E-state index contributed by atoms with van der Waals surface area (Å²) in [4.78, 5) is 1.22. The van der Waals surface area contributed by atoms with E-state index < -0.39 is 0 Å². The number of thioether (sulfide) groups is 1. The van der Waals surface area contributed by atoms with Crippen LogP contribution in [-0.2, 0) is 6.42 Å². The summed E-state index contributed by atoms with van der Waals surface area (Å²) >= 11 is 1.72. The average molecular weight is 338 g/mol. The van der Waals surface area contributed by atoms with Crippen molar-refractivity contribution in [3.63, 3.8) is 0 Å². The lowest BCUT2D eigenvalue weighted by Gasteiger charge is -2.12. The molecule has 0 aromatic heterocycles. The van der Waals surface area contributed by atoms with Gasteiger partial charge in [0.05, 0.1) is 7.11 Å². The summed E-state index contributed by atoms with van der Waals surface area (Å²) in [5.74, 6) is 0.652. The van der Waals surface area contributed by atoms with Gasteiger partial charge in [0.2, 0.25) is 0 Å². The van der Waals surface area contributed by atoms with Crippen LogP contribution in [0.25, 0.3) is 11.1 Å². The van der Waals surface area contributed by atoms with E-state index in [0.717, 1.165) is 28.9 Å². The molecule has 0 aliphatic rings. The first-order valence-electron chi connectivity index (χ1n) is 7.75. The van der Waals surface area contributed by atoms with Crippen LogP contribution < -0.4 is 4.74 Å². The number of ether oxygens (including phenoxy) is 1. The standard InChI is InChI=1S/C21H19FOS/c1-23-21-11-8-16(12-15-6-9-18(22)10-7-15)13-20(21)17-4-3-5-19(14-17)24-2/h3-11,13-14H,12H2,1-2H3. The molecule has 3 aromatic rings. The highest BCUT2D eigenvalue weighted by Crippen LogP contribution is 2.33.